The van der Waals surface area contributed by atoms with Crippen LogP contribution in [0.25, 0.3) is 0 Å². The van der Waals surface area contributed by atoms with Gasteiger partial charge in [0.2, 0.25) is 0 Å². The van der Waals surface area contributed by atoms with Crippen LogP contribution in [-0.2, 0) is 13.0 Å². The maximum Gasteiger partial charge on any atom is 0.165 e. The second kappa shape index (κ2) is 2.99. The summed E-state index contributed by atoms with van der Waals surface area (Å²) in [6, 6.07) is 1.46. The van der Waals surface area contributed by atoms with Crippen molar-refractivity contribution in [3.8, 4) is 0 Å². The molecule has 0 saturated heterocycles. The summed E-state index contributed by atoms with van der Waals surface area (Å²) in [5.41, 5.74) is 1.84. The summed E-state index contributed by atoms with van der Waals surface area (Å²) in [4.78, 5) is 3.96. The van der Waals surface area contributed by atoms with Gasteiger partial charge in [-0.25, -0.2) is 9.37 Å². The second-order valence-corrected chi connectivity index (χ2v) is 3.15. The van der Waals surface area contributed by atoms with E-state index in [2.05, 4.69) is 10.3 Å². The first-order valence-corrected chi connectivity index (χ1v) is 4.19. The standard InChI is InChI=1S/C8H8ClFN2/c9-8-6(10)3-5-4-11-2-1-7(5)12-8/h3,11H,1-2,4H2. The maximum atomic E-state index is 12.9. The van der Waals surface area contributed by atoms with Gasteiger partial charge in [-0.3, -0.25) is 0 Å². The van der Waals surface area contributed by atoms with Crippen LogP contribution in [0.4, 0.5) is 4.39 Å². The molecule has 2 rings (SSSR count). The van der Waals surface area contributed by atoms with Crippen LogP contribution in [0.3, 0.4) is 0 Å². The predicted octanol–water partition coefficient (Wildman–Crippen LogP) is 1.52. The molecule has 0 aliphatic carbocycles. The molecule has 0 bridgehead atoms. The van der Waals surface area contributed by atoms with Crippen molar-refractivity contribution in [2.24, 2.45) is 0 Å². The second-order valence-electron chi connectivity index (χ2n) is 2.79. The molecule has 0 radical (unpaired) electrons. The zero-order chi connectivity index (χ0) is 8.55. The molecule has 12 heavy (non-hydrogen) atoms. The minimum Gasteiger partial charge on any atom is -0.312 e. The van der Waals surface area contributed by atoms with Crippen LogP contribution < -0.4 is 5.32 Å². The zero-order valence-corrected chi connectivity index (χ0v) is 7.16. The van der Waals surface area contributed by atoms with Crippen LogP contribution in [-0.4, -0.2) is 11.5 Å². The number of nitrogens with one attached hydrogen (secondary N) is 1. The normalized spacial score (nSPS) is 15.8. The zero-order valence-electron chi connectivity index (χ0n) is 6.40. The van der Waals surface area contributed by atoms with Gasteiger partial charge in [0.15, 0.2) is 11.0 Å². The summed E-state index contributed by atoms with van der Waals surface area (Å²) in [6.45, 7) is 1.58. The van der Waals surface area contributed by atoms with Gasteiger partial charge in [-0.2, -0.15) is 0 Å². The number of nitrogens with zero attached hydrogens (tertiary/aromatic N) is 1. The number of aromatic nitrogens is 1. The minimum absolute atomic E-state index is 0.0179. The summed E-state index contributed by atoms with van der Waals surface area (Å²) in [5, 5.41) is 3.12. The monoisotopic (exact) mass is 186 g/mol. The number of pyridine rings is 1. The highest BCUT2D eigenvalue weighted by molar-refractivity contribution is 6.29. The van der Waals surface area contributed by atoms with Gasteiger partial charge in [0, 0.05) is 25.2 Å². The highest BCUT2D eigenvalue weighted by Gasteiger charge is 2.13. The van der Waals surface area contributed by atoms with E-state index in [1.165, 1.54) is 6.07 Å². The van der Waals surface area contributed by atoms with Crippen LogP contribution >= 0.6 is 11.6 Å². The highest BCUT2D eigenvalue weighted by atomic mass is 35.5. The van der Waals surface area contributed by atoms with E-state index in [9.17, 15) is 4.39 Å². The third-order valence-corrected chi connectivity index (χ3v) is 2.22. The van der Waals surface area contributed by atoms with Gasteiger partial charge in [0.1, 0.15) is 0 Å². The molecule has 1 aliphatic rings. The van der Waals surface area contributed by atoms with Crippen molar-refractivity contribution in [1.82, 2.24) is 10.3 Å². The molecular weight excluding hydrogens is 179 g/mol. The Kier molecular flexibility index (Phi) is 1.98. The fourth-order valence-corrected chi connectivity index (χ4v) is 1.50. The Morgan fingerprint density at radius 2 is 2.42 bits per heavy atom. The number of halogens is 2. The summed E-state index contributed by atoms with van der Waals surface area (Å²) in [5.74, 6) is -0.431. The van der Waals surface area contributed by atoms with E-state index in [1.807, 2.05) is 0 Å². The summed E-state index contributed by atoms with van der Waals surface area (Å²) < 4.78 is 12.9. The van der Waals surface area contributed by atoms with Gasteiger partial charge in [-0.15, -0.1) is 0 Å². The Bertz CT molecular complexity index is 283. The Morgan fingerprint density at radius 1 is 1.58 bits per heavy atom. The van der Waals surface area contributed by atoms with E-state index >= 15 is 0 Å². The Labute approximate surface area is 74.8 Å². The average molecular weight is 187 g/mol. The molecule has 2 heterocycles. The number of hydrogen-bond donors (Lipinski definition) is 1. The van der Waals surface area contributed by atoms with Crippen LogP contribution in [0.5, 0.6) is 0 Å². The van der Waals surface area contributed by atoms with Crippen molar-refractivity contribution in [1.29, 1.82) is 0 Å². The molecular formula is C8H8ClFN2. The van der Waals surface area contributed by atoms with Gasteiger partial charge in [-0.05, 0) is 11.6 Å². The smallest absolute Gasteiger partial charge is 0.165 e. The molecule has 0 saturated carbocycles. The summed E-state index contributed by atoms with van der Waals surface area (Å²) in [7, 11) is 0. The number of fused-ring (bicyclic) bond motifs is 1. The van der Waals surface area contributed by atoms with Gasteiger partial charge >= 0.3 is 0 Å². The SMILES string of the molecule is Fc1cc2c(nc1Cl)CCNC2. The van der Waals surface area contributed by atoms with Crippen LogP contribution in [0.2, 0.25) is 5.15 Å². The largest absolute Gasteiger partial charge is 0.312 e. The van der Waals surface area contributed by atoms with E-state index in [0.717, 1.165) is 24.2 Å². The lowest BCUT2D eigenvalue weighted by molar-refractivity contribution is 0.589. The van der Waals surface area contributed by atoms with E-state index < -0.39 is 5.82 Å². The molecule has 1 aromatic rings. The lowest BCUT2D eigenvalue weighted by Crippen LogP contribution is -2.24. The molecule has 0 unspecified atom stereocenters. The van der Waals surface area contributed by atoms with Crippen LogP contribution in [0.1, 0.15) is 11.3 Å². The first kappa shape index (κ1) is 7.95. The first-order valence-electron chi connectivity index (χ1n) is 3.82. The molecule has 1 aliphatic heterocycles. The van der Waals surface area contributed by atoms with Crippen LogP contribution in [0, 0.1) is 5.82 Å². The van der Waals surface area contributed by atoms with E-state index in [1.54, 1.807) is 0 Å². The van der Waals surface area contributed by atoms with Crippen molar-refractivity contribution < 1.29 is 4.39 Å². The molecule has 0 aromatic carbocycles. The molecule has 64 valence electrons. The van der Waals surface area contributed by atoms with Gasteiger partial charge in [0.05, 0.1) is 0 Å². The Balaban J connectivity index is 2.49. The third kappa shape index (κ3) is 1.30. The Morgan fingerprint density at radius 3 is 3.25 bits per heavy atom. The summed E-state index contributed by atoms with van der Waals surface area (Å²) >= 11 is 5.54. The van der Waals surface area contributed by atoms with Crippen LogP contribution in [0.15, 0.2) is 6.07 Å². The van der Waals surface area contributed by atoms with Crippen molar-refractivity contribution in [2.45, 2.75) is 13.0 Å². The van der Waals surface area contributed by atoms with E-state index in [0.29, 0.717) is 6.54 Å². The third-order valence-electron chi connectivity index (χ3n) is 1.96. The van der Waals surface area contributed by atoms with E-state index in [4.69, 9.17) is 11.6 Å². The molecule has 4 heteroatoms. The van der Waals surface area contributed by atoms with Crippen molar-refractivity contribution in [2.75, 3.05) is 6.54 Å². The topological polar surface area (TPSA) is 24.9 Å². The van der Waals surface area contributed by atoms with Gasteiger partial charge in [-0.1, -0.05) is 11.6 Å². The van der Waals surface area contributed by atoms with Gasteiger partial charge < -0.3 is 5.32 Å². The quantitative estimate of drug-likeness (QED) is 0.622. The molecule has 0 amide bonds. The lowest BCUT2D eigenvalue weighted by atomic mass is 10.1. The highest BCUT2D eigenvalue weighted by Crippen LogP contribution is 2.18. The fraction of sp³-hybridized carbons (Fsp3) is 0.375. The molecule has 0 atom stereocenters. The number of rotatable bonds is 0. The van der Waals surface area contributed by atoms with Crippen molar-refractivity contribution >= 4 is 11.6 Å². The van der Waals surface area contributed by atoms with Gasteiger partial charge in [0.25, 0.3) is 0 Å². The summed E-state index contributed by atoms with van der Waals surface area (Å²) in [6.07, 6.45) is 0.829. The molecule has 0 fully saturated rings. The molecule has 2 nitrogen and oxygen atoms in total. The predicted molar refractivity (Wildman–Crippen MR) is 44.6 cm³/mol. The van der Waals surface area contributed by atoms with Crippen molar-refractivity contribution in [3.05, 3.63) is 28.3 Å². The minimum atomic E-state index is -0.431. The molecule has 1 aromatic heterocycles. The fourth-order valence-electron chi connectivity index (χ4n) is 1.34. The van der Waals surface area contributed by atoms with E-state index in [-0.39, 0.29) is 5.15 Å². The maximum absolute atomic E-state index is 12.9. The Hall–Kier alpha value is -0.670. The molecule has 0 spiro atoms. The van der Waals surface area contributed by atoms with Crippen molar-refractivity contribution in [3.63, 3.8) is 0 Å². The lowest BCUT2D eigenvalue weighted by Gasteiger charge is -2.15. The molecule has 1 N–H and O–H groups in total. The average Bonchev–Trinajstić information content (AvgIpc) is 2.07. The first-order chi connectivity index (χ1) is 5.77. The number of hydrogen-bond acceptors (Lipinski definition) is 2.